The SMILES string of the molecule is O=S(=O)(N/N=C\c1cn[nH]c1-c1ccc(Cl)cc1)c1ccccc1. The topological polar surface area (TPSA) is 87.2 Å². The molecule has 24 heavy (non-hydrogen) atoms. The zero-order chi connectivity index (χ0) is 17.0. The number of H-pyrrole nitrogens is 1. The smallest absolute Gasteiger partial charge is 0.276 e. The van der Waals surface area contributed by atoms with Gasteiger partial charge in [-0.05, 0) is 24.3 Å². The van der Waals surface area contributed by atoms with Gasteiger partial charge in [-0.25, -0.2) is 4.83 Å². The molecule has 0 unspecified atom stereocenters. The molecule has 2 aromatic carbocycles. The first-order chi connectivity index (χ1) is 11.6. The average Bonchev–Trinajstić information content (AvgIpc) is 3.05. The fourth-order valence-corrected chi connectivity index (χ4v) is 3.00. The van der Waals surface area contributed by atoms with Crippen molar-refractivity contribution in [3.05, 3.63) is 71.4 Å². The molecular formula is C16H13ClN4O2S. The maximum Gasteiger partial charge on any atom is 0.276 e. The summed E-state index contributed by atoms with van der Waals surface area (Å²) in [6.45, 7) is 0. The highest BCUT2D eigenvalue weighted by atomic mass is 35.5. The molecule has 0 fully saturated rings. The van der Waals surface area contributed by atoms with Crippen molar-refractivity contribution in [3.63, 3.8) is 0 Å². The monoisotopic (exact) mass is 360 g/mol. The van der Waals surface area contributed by atoms with Crippen molar-refractivity contribution in [3.8, 4) is 11.3 Å². The van der Waals surface area contributed by atoms with Crippen molar-refractivity contribution in [1.82, 2.24) is 15.0 Å². The van der Waals surface area contributed by atoms with Crippen LogP contribution in [-0.2, 0) is 10.0 Å². The van der Waals surface area contributed by atoms with Crippen LogP contribution in [-0.4, -0.2) is 24.8 Å². The molecule has 3 rings (SSSR count). The Labute approximate surface area is 144 Å². The molecule has 0 saturated heterocycles. The zero-order valence-electron chi connectivity index (χ0n) is 12.3. The van der Waals surface area contributed by atoms with Crippen molar-refractivity contribution in [2.45, 2.75) is 4.90 Å². The summed E-state index contributed by atoms with van der Waals surface area (Å²) < 4.78 is 24.2. The number of hydrogen-bond donors (Lipinski definition) is 2. The lowest BCUT2D eigenvalue weighted by molar-refractivity contribution is 0.584. The molecule has 0 saturated carbocycles. The molecule has 2 N–H and O–H groups in total. The summed E-state index contributed by atoms with van der Waals surface area (Å²) in [5.74, 6) is 0. The molecule has 0 spiro atoms. The van der Waals surface area contributed by atoms with E-state index in [2.05, 4.69) is 20.1 Å². The van der Waals surface area contributed by atoms with E-state index >= 15 is 0 Å². The van der Waals surface area contributed by atoms with Crippen LogP contribution < -0.4 is 4.83 Å². The highest BCUT2D eigenvalue weighted by molar-refractivity contribution is 7.89. The van der Waals surface area contributed by atoms with E-state index < -0.39 is 10.0 Å². The predicted molar refractivity (Wildman–Crippen MR) is 93.4 cm³/mol. The second-order valence-corrected chi connectivity index (χ2v) is 6.97. The fourth-order valence-electron chi connectivity index (χ4n) is 2.06. The highest BCUT2D eigenvalue weighted by Crippen LogP contribution is 2.21. The van der Waals surface area contributed by atoms with Gasteiger partial charge in [0.15, 0.2) is 0 Å². The molecule has 0 amide bonds. The Kier molecular flexibility index (Phi) is 4.64. The number of hydrazone groups is 1. The van der Waals surface area contributed by atoms with Gasteiger partial charge in [0, 0.05) is 16.1 Å². The lowest BCUT2D eigenvalue weighted by Crippen LogP contribution is -2.18. The van der Waals surface area contributed by atoms with Gasteiger partial charge in [-0.1, -0.05) is 41.9 Å². The van der Waals surface area contributed by atoms with Crippen molar-refractivity contribution in [1.29, 1.82) is 0 Å². The Morgan fingerprint density at radius 1 is 1.08 bits per heavy atom. The van der Waals surface area contributed by atoms with Crippen LogP contribution >= 0.6 is 11.6 Å². The van der Waals surface area contributed by atoms with Gasteiger partial charge in [-0.15, -0.1) is 0 Å². The molecule has 8 heteroatoms. The third-order valence-electron chi connectivity index (χ3n) is 3.23. The summed E-state index contributed by atoms with van der Waals surface area (Å²) in [6, 6.07) is 15.2. The van der Waals surface area contributed by atoms with Gasteiger partial charge in [0.25, 0.3) is 10.0 Å². The van der Waals surface area contributed by atoms with E-state index in [1.54, 1.807) is 36.5 Å². The minimum Gasteiger partial charge on any atom is -0.277 e. The lowest BCUT2D eigenvalue weighted by Gasteiger charge is -2.03. The van der Waals surface area contributed by atoms with E-state index in [1.807, 2.05) is 12.1 Å². The van der Waals surface area contributed by atoms with E-state index in [9.17, 15) is 8.42 Å². The van der Waals surface area contributed by atoms with Gasteiger partial charge in [-0.2, -0.15) is 18.6 Å². The average molecular weight is 361 g/mol. The van der Waals surface area contributed by atoms with Crippen LogP contribution in [0.5, 0.6) is 0 Å². The molecule has 0 aliphatic rings. The van der Waals surface area contributed by atoms with Crippen LogP contribution in [0.1, 0.15) is 5.56 Å². The summed E-state index contributed by atoms with van der Waals surface area (Å²) >= 11 is 5.88. The lowest BCUT2D eigenvalue weighted by atomic mass is 10.1. The Morgan fingerprint density at radius 3 is 2.50 bits per heavy atom. The third-order valence-corrected chi connectivity index (χ3v) is 4.72. The number of nitrogens with one attached hydrogen (secondary N) is 2. The normalized spacial score (nSPS) is 11.7. The number of aromatic amines is 1. The second kappa shape index (κ2) is 6.86. The molecule has 1 heterocycles. The highest BCUT2D eigenvalue weighted by Gasteiger charge is 2.11. The number of rotatable bonds is 5. The van der Waals surface area contributed by atoms with Crippen LogP contribution in [0.15, 0.2) is 70.8 Å². The summed E-state index contributed by atoms with van der Waals surface area (Å²) in [6.07, 6.45) is 2.96. The summed E-state index contributed by atoms with van der Waals surface area (Å²) in [5, 5.41) is 11.3. The molecule has 3 aromatic rings. The maximum absolute atomic E-state index is 12.1. The first-order valence-corrected chi connectivity index (χ1v) is 8.81. The molecule has 0 bridgehead atoms. The molecule has 6 nitrogen and oxygen atoms in total. The Balaban J connectivity index is 1.79. The zero-order valence-corrected chi connectivity index (χ0v) is 13.9. The minimum atomic E-state index is -3.69. The molecular weight excluding hydrogens is 348 g/mol. The van der Waals surface area contributed by atoms with Crippen LogP contribution in [0.25, 0.3) is 11.3 Å². The van der Waals surface area contributed by atoms with Crippen LogP contribution in [0, 0.1) is 0 Å². The van der Waals surface area contributed by atoms with Gasteiger partial charge in [-0.3, -0.25) is 5.10 Å². The summed E-state index contributed by atoms with van der Waals surface area (Å²) in [7, 11) is -3.69. The van der Waals surface area contributed by atoms with Gasteiger partial charge in [0.1, 0.15) is 0 Å². The van der Waals surface area contributed by atoms with Gasteiger partial charge in [0.2, 0.25) is 0 Å². The summed E-state index contributed by atoms with van der Waals surface area (Å²) in [5.41, 5.74) is 2.23. The Hall–Kier alpha value is -2.64. The van der Waals surface area contributed by atoms with Crippen molar-refractivity contribution >= 4 is 27.8 Å². The van der Waals surface area contributed by atoms with Crippen LogP contribution in [0.4, 0.5) is 0 Å². The van der Waals surface area contributed by atoms with Gasteiger partial charge in [0.05, 0.1) is 23.0 Å². The predicted octanol–water partition coefficient (Wildman–Crippen LogP) is 3.04. The number of halogens is 1. The first-order valence-electron chi connectivity index (χ1n) is 6.95. The fraction of sp³-hybridized carbons (Fsp3) is 0. The molecule has 0 aliphatic carbocycles. The molecule has 0 radical (unpaired) electrons. The van der Waals surface area contributed by atoms with E-state index in [4.69, 9.17) is 11.6 Å². The standard InChI is InChI=1S/C16H13ClN4O2S/c17-14-8-6-12(7-9-14)16-13(10-18-20-16)11-19-21-24(22,23)15-4-2-1-3-5-15/h1-11,21H,(H,18,20)/b19-11-. The van der Waals surface area contributed by atoms with Crippen LogP contribution in [0.2, 0.25) is 5.02 Å². The molecule has 0 atom stereocenters. The first kappa shape index (κ1) is 16.2. The van der Waals surface area contributed by atoms with E-state index in [0.717, 1.165) is 5.56 Å². The number of sulfonamides is 1. The maximum atomic E-state index is 12.1. The van der Waals surface area contributed by atoms with Gasteiger partial charge >= 0.3 is 0 Å². The Bertz CT molecular complexity index is 951. The van der Waals surface area contributed by atoms with E-state index in [0.29, 0.717) is 16.3 Å². The van der Waals surface area contributed by atoms with Crippen molar-refractivity contribution in [2.24, 2.45) is 5.10 Å². The minimum absolute atomic E-state index is 0.146. The third kappa shape index (κ3) is 3.64. The molecule has 1 aromatic heterocycles. The molecule has 0 aliphatic heterocycles. The van der Waals surface area contributed by atoms with E-state index in [-0.39, 0.29) is 4.90 Å². The van der Waals surface area contributed by atoms with Crippen molar-refractivity contribution in [2.75, 3.05) is 0 Å². The number of nitrogens with zero attached hydrogens (tertiary/aromatic N) is 2. The number of aromatic nitrogens is 2. The van der Waals surface area contributed by atoms with Gasteiger partial charge < -0.3 is 0 Å². The summed E-state index contributed by atoms with van der Waals surface area (Å²) in [4.78, 5) is 2.33. The van der Waals surface area contributed by atoms with Crippen molar-refractivity contribution < 1.29 is 8.42 Å². The van der Waals surface area contributed by atoms with Crippen LogP contribution in [0.3, 0.4) is 0 Å². The number of hydrogen-bond acceptors (Lipinski definition) is 4. The second-order valence-electron chi connectivity index (χ2n) is 4.87. The Morgan fingerprint density at radius 2 is 1.79 bits per heavy atom. The molecule has 122 valence electrons. The largest absolute Gasteiger partial charge is 0.277 e. The quantitative estimate of drug-likeness (QED) is 0.541. The van der Waals surface area contributed by atoms with E-state index in [1.165, 1.54) is 18.3 Å². The number of benzene rings is 2.